The van der Waals surface area contributed by atoms with E-state index in [2.05, 4.69) is 41.6 Å². The average molecular weight is 292 g/mol. The number of rotatable bonds is 4. The first kappa shape index (κ1) is 15.9. The van der Waals surface area contributed by atoms with Crippen LogP contribution in [0.1, 0.15) is 63.8 Å². The predicted octanol–water partition coefficient (Wildman–Crippen LogP) is 3.04. The highest BCUT2D eigenvalue weighted by molar-refractivity contribution is 5.79. The minimum Gasteiger partial charge on any atom is -0.359 e. The van der Waals surface area contributed by atoms with E-state index >= 15 is 0 Å². The Balaban J connectivity index is 1.82. The lowest BCUT2D eigenvalue weighted by Crippen LogP contribution is -2.44. The molecule has 0 aromatic carbocycles. The molecular formula is C16H28N4O. The fourth-order valence-electron chi connectivity index (χ4n) is 2.81. The fourth-order valence-corrected chi connectivity index (χ4v) is 2.81. The number of hydrogen-bond acceptors (Lipinski definition) is 3. The molecule has 0 amide bonds. The average Bonchev–Trinajstić information content (AvgIpc) is 2.92. The molecule has 1 fully saturated rings. The number of nitrogens with one attached hydrogen (secondary N) is 2. The molecule has 1 aromatic rings. The van der Waals surface area contributed by atoms with Gasteiger partial charge in [0, 0.05) is 19.2 Å². The first-order chi connectivity index (χ1) is 10.1. The second-order valence-corrected chi connectivity index (χ2v) is 6.41. The van der Waals surface area contributed by atoms with Gasteiger partial charge in [0.2, 0.25) is 0 Å². The van der Waals surface area contributed by atoms with E-state index in [1.807, 2.05) is 13.1 Å². The highest BCUT2D eigenvalue weighted by Crippen LogP contribution is 2.23. The molecule has 2 rings (SSSR count). The van der Waals surface area contributed by atoms with Gasteiger partial charge in [-0.2, -0.15) is 0 Å². The van der Waals surface area contributed by atoms with Gasteiger partial charge in [-0.05, 0) is 24.7 Å². The zero-order valence-corrected chi connectivity index (χ0v) is 13.6. The molecule has 2 atom stereocenters. The third-order valence-corrected chi connectivity index (χ3v) is 4.10. The standard InChI is InChI=1S/C16H28N4O/c1-11(2)15-9-14(21-20-15)10-18-16(17-4)19-13-7-5-6-12(3)8-13/h9,11-13H,5-8,10H2,1-4H3,(H2,17,18,19). The summed E-state index contributed by atoms with van der Waals surface area (Å²) in [5, 5.41) is 10.9. The van der Waals surface area contributed by atoms with Gasteiger partial charge in [0.25, 0.3) is 0 Å². The van der Waals surface area contributed by atoms with E-state index in [0.29, 0.717) is 18.5 Å². The van der Waals surface area contributed by atoms with Crippen LogP contribution in [0.3, 0.4) is 0 Å². The summed E-state index contributed by atoms with van der Waals surface area (Å²) in [6.07, 6.45) is 5.10. The first-order valence-electron chi connectivity index (χ1n) is 8.01. The van der Waals surface area contributed by atoms with E-state index in [4.69, 9.17) is 4.52 Å². The van der Waals surface area contributed by atoms with Crippen LogP contribution in [-0.4, -0.2) is 24.2 Å². The Bertz CT molecular complexity index is 467. The van der Waals surface area contributed by atoms with Crippen LogP contribution in [0, 0.1) is 5.92 Å². The minimum atomic E-state index is 0.392. The Morgan fingerprint density at radius 1 is 1.48 bits per heavy atom. The Morgan fingerprint density at radius 3 is 2.90 bits per heavy atom. The second-order valence-electron chi connectivity index (χ2n) is 6.41. The van der Waals surface area contributed by atoms with E-state index in [9.17, 15) is 0 Å². The zero-order valence-electron chi connectivity index (χ0n) is 13.6. The molecule has 0 radical (unpaired) electrons. The first-order valence-corrected chi connectivity index (χ1v) is 8.01. The predicted molar refractivity (Wildman–Crippen MR) is 85.3 cm³/mol. The summed E-state index contributed by atoms with van der Waals surface area (Å²) >= 11 is 0. The third kappa shape index (κ3) is 4.76. The molecule has 1 aliphatic rings. The topological polar surface area (TPSA) is 62.5 Å². The Kier molecular flexibility index (Phi) is 5.65. The van der Waals surface area contributed by atoms with Crippen LogP contribution in [0.25, 0.3) is 0 Å². The highest BCUT2D eigenvalue weighted by atomic mass is 16.5. The number of aliphatic imine (C=N–C) groups is 1. The molecule has 0 aliphatic heterocycles. The van der Waals surface area contributed by atoms with Gasteiger partial charge in [0.05, 0.1) is 12.2 Å². The molecule has 5 heteroatoms. The van der Waals surface area contributed by atoms with E-state index in [-0.39, 0.29) is 0 Å². The van der Waals surface area contributed by atoms with Gasteiger partial charge in [0.1, 0.15) is 0 Å². The van der Waals surface area contributed by atoms with Crippen LogP contribution in [0.5, 0.6) is 0 Å². The van der Waals surface area contributed by atoms with Crippen LogP contribution in [0.4, 0.5) is 0 Å². The number of aromatic nitrogens is 1. The largest absolute Gasteiger partial charge is 0.359 e. The molecule has 21 heavy (non-hydrogen) atoms. The quantitative estimate of drug-likeness (QED) is 0.661. The van der Waals surface area contributed by atoms with Crippen LogP contribution >= 0.6 is 0 Å². The maximum Gasteiger partial charge on any atom is 0.191 e. The summed E-state index contributed by atoms with van der Waals surface area (Å²) in [4.78, 5) is 4.30. The fraction of sp³-hybridized carbons (Fsp3) is 0.750. The van der Waals surface area contributed by atoms with Crippen molar-refractivity contribution in [2.75, 3.05) is 7.05 Å². The van der Waals surface area contributed by atoms with Crippen LogP contribution < -0.4 is 10.6 Å². The van der Waals surface area contributed by atoms with Crippen molar-refractivity contribution >= 4 is 5.96 Å². The van der Waals surface area contributed by atoms with Gasteiger partial charge in [-0.15, -0.1) is 0 Å². The molecule has 2 unspecified atom stereocenters. The monoisotopic (exact) mass is 292 g/mol. The summed E-state index contributed by atoms with van der Waals surface area (Å²) in [6, 6.07) is 2.54. The molecule has 0 saturated heterocycles. The van der Waals surface area contributed by atoms with Crippen molar-refractivity contribution in [1.29, 1.82) is 0 Å². The van der Waals surface area contributed by atoms with Crippen molar-refractivity contribution in [3.63, 3.8) is 0 Å². The summed E-state index contributed by atoms with van der Waals surface area (Å²) in [5.74, 6) is 2.89. The molecule has 118 valence electrons. The number of hydrogen-bond donors (Lipinski definition) is 2. The molecule has 1 heterocycles. The summed E-state index contributed by atoms with van der Waals surface area (Å²) in [5.41, 5.74) is 0.996. The minimum absolute atomic E-state index is 0.392. The Morgan fingerprint density at radius 2 is 2.29 bits per heavy atom. The van der Waals surface area contributed by atoms with Gasteiger partial charge in [-0.1, -0.05) is 38.8 Å². The summed E-state index contributed by atoms with van der Waals surface area (Å²) in [7, 11) is 1.81. The summed E-state index contributed by atoms with van der Waals surface area (Å²) in [6.45, 7) is 7.16. The van der Waals surface area contributed by atoms with Crippen molar-refractivity contribution in [3.05, 3.63) is 17.5 Å². The number of guanidine groups is 1. The molecule has 1 aliphatic carbocycles. The van der Waals surface area contributed by atoms with E-state index in [1.165, 1.54) is 25.7 Å². The lowest BCUT2D eigenvalue weighted by atomic mass is 9.87. The second kappa shape index (κ2) is 7.48. The smallest absolute Gasteiger partial charge is 0.191 e. The van der Waals surface area contributed by atoms with Crippen LogP contribution in [-0.2, 0) is 6.54 Å². The van der Waals surface area contributed by atoms with Crippen molar-refractivity contribution in [2.45, 2.75) is 65.0 Å². The zero-order chi connectivity index (χ0) is 15.2. The molecular weight excluding hydrogens is 264 g/mol. The molecule has 0 bridgehead atoms. The van der Waals surface area contributed by atoms with E-state index in [1.54, 1.807) is 0 Å². The third-order valence-electron chi connectivity index (χ3n) is 4.10. The van der Waals surface area contributed by atoms with Crippen LogP contribution in [0.15, 0.2) is 15.6 Å². The van der Waals surface area contributed by atoms with Crippen molar-refractivity contribution in [1.82, 2.24) is 15.8 Å². The van der Waals surface area contributed by atoms with Gasteiger partial charge < -0.3 is 15.2 Å². The number of nitrogens with zero attached hydrogens (tertiary/aromatic N) is 2. The van der Waals surface area contributed by atoms with Gasteiger partial charge in [-0.25, -0.2) is 0 Å². The SMILES string of the molecule is CN=C(NCc1cc(C(C)C)no1)NC1CCCC(C)C1. The Hall–Kier alpha value is -1.52. The highest BCUT2D eigenvalue weighted by Gasteiger charge is 2.19. The molecule has 1 aromatic heterocycles. The maximum absolute atomic E-state index is 5.33. The van der Waals surface area contributed by atoms with Crippen molar-refractivity contribution in [3.8, 4) is 0 Å². The normalized spacial score (nSPS) is 23.4. The van der Waals surface area contributed by atoms with Crippen molar-refractivity contribution < 1.29 is 4.52 Å². The van der Waals surface area contributed by atoms with Gasteiger partial charge in [0.15, 0.2) is 11.7 Å². The van der Waals surface area contributed by atoms with E-state index in [0.717, 1.165) is 23.3 Å². The molecule has 0 spiro atoms. The van der Waals surface area contributed by atoms with Gasteiger partial charge >= 0.3 is 0 Å². The molecule has 2 N–H and O–H groups in total. The van der Waals surface area contributed by atoms with Crippen molar-refractivity contribution in [2.24, 2.45) is 10.9 Å². The van der Waals surface area contributed by atoms with E-state index < -0.39 is 0 Å². The maximum atomic E-state index is 5.33. The lowest BCUT2D eigenvalue weighted by Gasteiger charge is -2.28. The molecule has 1 saturated carbocycles. The van der Waals surface area contributed by atoms with Crippen LogP contribution in [0.2, 0.25) is 0 Å². The summed E-state index contributed by atoms with van der Waals surface area (Å²) < 4.78 is 5.33. The lowest BCUT2D eigenvalue weighted by molar-refractivity contribution is 0.323. The molecule has 5 nitrogen and oxygen atoms in total. The Labute approximate surface area is 127 Å². The van der Waals surface area contributed by atoms with Gasteiger partial charge in [-0.3, -0.25) is 4.99 Å².